The van der Waals surface area contributed by atoms with Gasteiger partial charge in [0.25, 0.3) is 0 Å². The summed E-state index contributed by atoms with van der Waals surface area (Å²) in [6.45, 7) is 9.12. The standard InChI is InChI=1S/C19H34N4/c1-5-6-7-10-13-21-19(20)22-14-17-11-8-9-12-18(17)15-23(4)16(2)3/h8-9,11-12,16H,5-7,10,13-15H2,1-4H3,(H3,20,21,22). The van der Waals surface area contributed by atoms with E-state index in [1.54, 1.807) is 0 Å². The van der Waals surface area contributed by atoms with Crippen molar-refractivity contribution >= 4 is 5.96 Å². The van der Waals surface area contributed by atoms with Gasteiger partial charge in [-0.15, -0.1) is 0 Å². The average molecular weight is 319 g/mol. The first-order valence-corrected chi connectivity index (χ1v) is 8.85. The molecule has 0 spiro atoms. The van der Waals surface area contributed by atoms with Gasteiger partial charge in [0.05, 0.1) is 6.54 Å². The van der Waals surface area contributed by atoms with E-state index in [9.17, 15) is 0 Å². The molecule has 0 aliphatic carbocycles. The highest BCUT2D eigenvalue weighted by Gasteiger charge is 2.07. The topological polar surface area (TPSA) is 53.6 Å². The molecule has 0 bridgehead atoms. The molecule has 1 rings (SSSR count). The van der Waals surface area contributed by atoms with Crippen molar-refractivity contribution in [2.75, 3.05) is 13.6 Å². The Morgan fingerprint density at radius 1 is 1.17 bits per heavy atom. The molecule has 0 fully saturated rings. The van der Waals surface area contributed by atoms with Gasteiger partial charge in [0, 0.05) is 19.1 Å². The third-order valence-corrected chi connectivity index (χ3v) is 4.18. The summed E-state index contributed by atoms with van der Waals surface area (Å²) in [5.74, 6) is 0.550. The smallest absolute Gasteiger partial charge is 0.188 e. The SMILES string of the molecule is CCCCCCNC(N)=NCc1ccccc1CN(C)C(C)C. The molecule has 4 nitrogen and oxygen atoms in total. The maximum absolute atomic E-state index is 5.96. The first-order chi connectivity index (χ1) is 11.0. The Kier molecular flexibility index (Phi) is 9.37. The maximum Gasteiger partial charge on any atom is 0.188 e. The Labute approximate surface area is 142 Å². The Morgan fingerprint density at radius 2 is 1.87 bits per heavy atom. The molecule has 0 unspecified atom stereocenters. The fraction of sp³-hybridized carbons (Fsp3) is 0.632. The lowest BCUT2D eigenvalue weighted by molar-refractivity contribution is 0.265. The molecule has 0 atom stereocenters. The lowest BCUT2D eigenvalue weighted by atomic mass is 10.1. The van der Waals surface area contributed by atoms with Crippen LogP contribution in [0.1, 0.15) is 57.6 Å². The van der Waals surface area contributed by atoms with Crippen molar-refractivity contribution in [2.24, 2.45) is 10.7 Å². The van der Waals surface area contributed by atoms with Crippen molar-refractivity contribution in [1.29, 1.82) is 0 Å². The number of aliphatic imine (C=N–C) groups is 1. The third kappa shape index (κ3) is 8.03. The van der Waals surface area contributed by atoms with Crippen LogP contribution in [0.15, 0.2) is 29.3 Å². The van der Waals surface area contributed by atoms with Crippen LogP contribution < -0.4 is 11.1 Å². The van der Waals surface area contributed by atoms with E-state index in [1.807, 2.05) is 0 Å². The molecule has 0 saturated carbocycles. The minimum atomic E-state index is 0.529. The summed E-state index contributed by atoms with van der Waals surface area (Å²) in [5.41, 5.74) is 8.53. The number of hydrogen-bond acceptors (Lipinski definition) is 2. The van der Waals surface area contributed by atoms with Crippen molar-refractivity contribution in [3.05, 3.63) is 35.4 Å². The zero-order valence-corrected chi connectivity index (χ0v) is 15.3. The minimum Gasteiger partial charge on any atom is -0.370 e. The van der Waals surface area contributed by atoms with Crippen LogP contribution in [0.2, 0.25) is 0 Å². The second-order valence-corrected chi connectivity index (χ2v) is 6.47. The fourth-order valence-electron chi connectivity index (χ4n) is 2.31. The average Bonchev–Trinajstić information content (AvgIpc) is 2.53. The van der Waals surface area contributed by atoms with Crippen molar-refractivity contribution in [3.8, 4) is 0 Å². The van der Waals surface area contributed by atoms with Crippen LogP contribution in [0.4, 0.5) is 0 Å². The Balaban J connectivity index is 2.51. The van der Waals surface area contributed by atoms with Crippen LogP contribution in [0.25, 0.3) is 0 Å². The molecule has 0 aliphatic heterocycles. The monoisotopic (exact) mass is 318 g/mol. The van der Waals surface area contributed by atoms with E-state index in [0.717, 1.165) is 19.5 Å². The zero-order valence-electron chi connectivity index (χ0n) is 15.3. The first-order valence-electron chi connectivity index (χ1n) is 8.85. The molecule has 0 radical (unpaired) electrons. The van der Waals surface area contributed by atoms with Crippen LogP contribution >= 0.6 is 0 Å². The summed E-state index contributed by atoms with van der Waals surface area (Å²) in [4.78, 5) is 6.82. The Morgan fingerprint density at radius 3 is 2.52 bits per heavy atom. The van der Waals surface area contributed by atoms with Gasteiger partial charge in [0.1, 0.15) is 0 Å². The van der Waals surface area contributed by atoms with Crippen LogP contribution in [0.5, 0.6) is 0 Å². The van der Waals surface area contributed by atoms with Gasteiger partial charge >= 0.3 is 0 Å². The lowest BCUT2D eigenvalue weighted by Gasteiger charge is -2.22. The molecule has 1 aromatic carbocycles. The van der Waals surface area contributed by atoms with Crippen LogP contribution in [0.3, 0.4) is 0 Å². The van der Waals surface area contributed by atoms with Gasteiger partial charge < -0.3 is 11.1 Å². The van der Waals surface area contributed by atoms with Crippen molar-refractivity contribution in [2.45, 2.75) is 65.6 Å². The van der Waals surface area contributed by atoms with E-state index in [0.29, 0.717) is 18.5 Å². The molecule has 0 aromatic heterocycles. The molecule has 0 amide bonds. The second kappa shape index (κ2) is 11.1. The molecule has 0 heterocycles. The van der Waals surface area contributed by atoms with Gasteiger partial charge in [-0.1, -0.05) is 50.5 Å². The summed E-state index contributed by atoms with van der Waals surface area (Å²) >= 11 is 0. The highest BCUT2D eigenvalue weighted by atomic mass is 15.1. The van der Waals surface area contributed by atoms with Gasteiger partial charge in [-0.3, -0.25) is 4.90 Å². The quantitative estimate of drug-likeness (QED) is 0.394. The van der Waals surface area contributed by atoms with Crippen molar-refractivity contribution < 1.29 is 0 Å². The lowest BCUT2D eigenvalue weighted by Crippen LogP contribution is -2.32. The van der Waals surface area contributed by atoms with Crippen LogP contribution in [-0.2, 0) is 13.1 Å². The molecule has 1 aromatic rings. The largest absolute Gasteiger partial charge is 0.370 e. The van der Waals surface area contributed by atoms with Gasteiger partial charge in [-0.05, 0) is 38.4 Å². The molecule has 23 heavy (non-hydrogen) atoms. The minimum absolute atomic E-state index is 0.529. The molecular weight excluding hydrogens is 284 g/mol. The number of nitrogens with zero attached hydrogens (tertiary/aromatic N) is 2. The number of unbranched alkanes of at least 4 members (excludes halogenated alkanes) is 3. The van der Waals surface area contributed by atoms with E-state index in [1.165, 1.54) is 30.4 Å². The summed E-state index contributed by atoms with van der Waals surface area (Å²) in [5, 5.41) is 3.21. The molecule has 3 N–H and O–H groups in total. The molecular formula is C19H34N4. The number of nitrogens with one attached hydrogen (secondary N) is 1. The highest BCUT2D eigenvalue weighted by molar-refractivity contribution is 5.77. The maximum atomic E-state index is 5.96. The van der Waals surface area contributed by atoms with Gasteiger partial charge in [0.2, 0.25) is 0 Å². The van der Waals surface area contributed by atoms with Gasteiger partial charge in [-0.2, -0.15) is 0 Å². The van der Waals surface area contributed by atoms with E-state index < -0.39 is 0 Å². The second-order valence-electron chi connectivity index (χ2n) is 6.47. The number of hydrogen-bond donors (Lipinski definition) is 2. The first kappa shape index (κ1) is 19.5. The normalized spacial score (nSPS) is 12.2. The van der Waals surface area contributed by atoms with Crippen molar-refractivity contribution in [3.63, 3.8) is 0 Å². The van der Waals surface area contributed by atoms with E-state index in [4.69, 9.17) is 5.73 Å². The van der Waals surface area contributed by atoms with Crippen LogP contribution in [0, 0.1) is 0 Å². The summed E-state index contributed by atoms with van der Waals surface area (Å²) in [6, 6.07) is 9.01. The fourth-order valence-corrected chi connectivity index (χ4v) is 2.31. The molecule has 4 heteroatoms. The zero-order chi connectivity index (χ0) is 17.1. The van der Waals surface area contributed by atoms with Crippen molar-refractivity contribution in [1.82, 2.24) is 10.2 Å². The number of nitrogens with two attached hydrogens (primary N) is 1. The molecule has 0 saturated heterocycles. The molecule has 130 valence electrons. The highest BCUT2D eigenvalue weighted by Crippen LogP contribution is 2.13. The predicted molar refractivity (Wildman–Crippen MR) is 101 cm³/mol. The number of rotatable bonds is 10. The Hall–Kier alpha value is -1.55. The van der Waals surface area contributed by atoms with E-state index in [2.05, 4.69) is 67.3 Å². The van der Waals surface area contributed by atoms with E-state index in [-0.39, 0.29) is 0 Å². The summed E-state index contributed by atoms with van der Waals surface area (Å²) in [6.07, 6.45) is 4.95. The summed E-state index contributed by atoms with van der Waals surface area (Å²) in [7, 11) is 2.15. The Bertz CT molecular complexity index is 468. The third-order valence-electron chi connectivity index (χ3n) is 4.18. The van der Waals surface area contributed by atoms with E-state index >= 15 is 0 Å². The molecule has 0 aliphatic rings. The summed E-state index contributed by atoms with van der Waals surface area (Å²) < 4.78 is 0. The van der Waals surface area contributed by atoms with Gasteiger partial charge in [0.15, 0.2) is 5.96 Å². The predicted octanol–water partition coefficient (Wildman–Crippen LogP) is 3.51. The van der Waals surface area contributed by atoms with Crippen LogP contribution in [-0.4, -0.2) is 30.5 Å². The number of guanidine groups is 1. The van der Waals surface area contributed by atoms with Gasteiger partial charge in [-0.25, -0.2) is 4.99 Å². The number of benzene rings is 1.